The van der Waals surface area contributed by atoms with Crippen LogP contribution in [0.15, 0.2) is 54.7 Å². The van der Waals surface area contributed by atoms with Crippen LogP contribution in [0.4, 0.5) is 8.78 Å². The van der Waals surface area contributed by atoms with Crippen molar-refractivity contribution in [2.24, 2.45) is 16.7 Å². The summed E-state index contributed by atoms with van der Waals surface area (Å²) in [6, 6.07) is 11.4. The Morgan fingerprint density at radius 3 is 2.50 bits per heavy atom. The van der Waals surface area contributed by atoms with Crippen molar-refractivity contribution in [2.45, 2.75) is 135 Å². The van der Waals surface area contributed by atoms with Gasteiger partial charge in [-0.3, -0.25) is 34.0 Å². The number of hydrazine groups is 1. The number of rotatable bonds is 10. The smallest absolute Gasteiger partial charge is 0.324 e. The quantitative estimate of drug-likeness (QED) is 0.115. The number of esters is 1. The lowest BCUT2D eigenvalue weighted by Crippen LogP contribution is -2.62. The van der Waals surface area contributed by atoms with Gasteiger partial charge in [0.15, 0.2) is 0 Å². The van der Waals surface area contributed by atoms with E-state index in [-0.39, 0.29) is 55.0 Å². The fourth-order valence-corrected chi connectivity index (χ4v) is 12.4. The van der Waals surface area contributed by atoms with Gasteiger partial charge in [0.25, 0.3) is 12.3 Å². The lowest BCUT2D eigenvalue weighted by Gasteiger charge is -2.37. The van der Waals surface area contributed by atoms with Crippen molar-refractivity contribution in [3.05, 3.63) is 77.1 Å². The van der Waals surface area contributed by atoms with Crippen LogP contribution in [-0.4, -0.2) is 125 Å². The topological polar surface area (TPSA) is 177 Å². The number of amides is 4. The monoisotopic (exact) mass is 991 g/mol. The van der Waals surface area contributed by atoms with E-state index in [1.165, 1.54) is 17.1 Å². The fourth-order valence-electron chi connectivity index (χ4n) is 12.4. The zero-order chi connectivity index (χ0) is 50.6. The molecule has 1 aliphatic carbocycles. The van der Waals surface area contributed by atoms with Gasteiger partial charge in [0.05, 0.1) is 35.6 Å². The summed E-state index contributed by atoms with van der Waals surface area (Å²) in [5.74, 6) is -1.83. The molecule has 6 atom stereocenters. The SMILES string of the molecule is CCn1c(-c2cccnc2[C@H](C)OC)c2c3cc(ccc31)-c1cc(cc(C(F)F)c1)C[C@H](NC(=O)[C@H](C1CCCC1)N1CC[C@]3(CCN(C(=O)[C@H]4CN4)C3)C1=O)C(=O)N1CCC[C@H](N1)C(=O)OCC(C)(C)C2. The number of ether oxygens (including phenoxy) is 2. The highest BCUT2D eigenvalue weighted by molar-refractivity contribution is 5.97. The number of methoxy groups -OCH3 is 1. The Kier molecular flexibility index (Phi) is 13.8. The van der Waals surface area contributed by atoms with Gasteiger partial charge in [0.2, 0.25) is 17.7 Å². The number of alkyl halides is 2. The van der Waals surface area contributed by atoms with Crippen molar-refractivity contribution < 1.29 is 42.2 Å². The third-order valence-corrected chi connectivity index (χ3v) is 16.3. The molecule has 3 N–H and O–H groups in total. The van der Waals surface area contributed by atoms with Crippen molar-refractivity contribution in [2.75, 3.05) is 46.4 Å². The molecule has 7 heterocycles. The Hall–Kier alpha value is -5.78. The zero-order valence-electron chi connectivity index (χ0n) is 42.1. The van der Waals surface area contributed by atoms with E-state index >= 15 is 18.4 Å². The Morgan fingerprint density at radius 2 is 1.76 bits per heavy atom. The highest BCUT2D eigenvalue weighted by Crippen LogP contribution is 2.45. The molecule has 72 heavy (non-hydrogen) atoms. The number of carbonyl (C=O) groups is 5. The van der Waals surface area contributed by atoms with E-state index in [4.69, 9.17) is 14.5 Å². The van der Waals surface area contributed by atoms with Crippen LogP contribution in [0.2, 0.25) is 0 Å². The summed E-state index contributed by atoms with van der Waals surface area (Å²) in [6.45, 7) is 10.8. The van der Waals surface area contributed by atoms with Crippen molar-refractivity contribution >= 4 is 40.5 Å². The first-order valence-electron chi connectivity index (χ1n) is 26.0. The molecule has 5 aliphatic heterocycles. The van der Waals surface area contributed by atoms with Crippen LogP contribution in [0.25, 0.3) is 33.3 Å². The molecule has 0 radical (unpaired) electrons. The van der Waals surface area contributed by atoms with Crippen molar-refractivity contribution in [3.63, 3.8) is 0 Å². The lowest BCUT2D eigenvalue weighted by molar-refractivity contribution is -0.155. The lowest BCUT2D eigenvalue weighted by atomic mass is 9.84. The maximum atomic E-state index is 15.1. The van der Waals surface area contributed by atoms with Gasteiger partial charge >= 0.3 is 5.97 Å². The molecule has 4 aromatic rings. The largest absolute Gasteiger partial charge is 0.464 e. The second-order valence-corrected chi connectivity index (χ2v) is 21.9. The molecule has 4 saturated heterocycles. The molecule has 1 spiro atoms. The van der Waals surface area contributed by atoms with Crippen LogP contribution in [0, 0.1) is 16.7 Å². The minimum atomic E-state index is -2.84. The Balaban J connectivity index is 1.05. The summed E-state index contributed by atoms with van der Waals surface area (Å²) in [6.07, 6.45) is 4.05. The van der Waals surface area contributed by atoms with Crippen LogP contribution < -0.4 is 16.1 Å². The first-order valence-corrected chi connectivity index (χ1v) is 26.0. The molecule has 1 saturated carbocycles. The average molecular weight is 991 g/mol. The fraction of sp³-hybridized carbons (Fsp3) is 0.564. The van der Waals surface area contributed by atoms with Crippen LogP contribution in [0.1, 0.15) is 114 Å². The second kappa shape index (κ2) is 19.9. The number of benzene rings is 2. The molecule has 0 unspecified atom stereocenters. The molecule has 2 aromatic carbocycles. The molecule has 10 rings (SSSR count). The number of fused-ring (bicyclic) bond motifs is 6. The van der Waals surface area contributed by atoms with E-state index in [0.29, 0.717) is 81.5 Å². The van der Waals surface area contributed by atoms with Crippen molar-refractivity contribution in [1.82, 2.24) is 40.4 Å². The summed E-state index contributed by atoms with van der Waals surface area (Å²) in [7, 11) is 1.65. The molecule has 5 fully saturated rings. The van der Waals surface area contributed by atoms with Gasteiger partial charge in [-0.05, 0) is 117 Å². The number of likely N-dealkylation sites (tertiary alicyclic amines) is 2. The normalized spacial score (nSPS) is 25.6. The third-order valence-electron chi connectivity index (χ3n) is 16.3. The molecule has 384 valence electrons. The molecule has 2 aromatic heterocycles. The maximum Gasteiger partial charge on any atom is 0.324 e. The van der Waals surface area contributed by atoms with Gasteiger partial charge in [-0.2, -0.15) is 0 Å². The number of pyridine rings is 1. The number of aromatic nitrogens is 2. The Morgan fingerprint density at radius 1 is 0.986 bits per heavy atom. The third kappa shape index (κ3) is 9.52. The number of hydrogen-bond acceptors (Lipinski definition) is 10. The Labute approximate surface area is 419 Å². The highest BCUT2D eigenvalue weighted by atomic mass is 19.3. The van der Waals surface area contributed by atoms with Gasteiger partial charge in [-0.25, -0.2) is 14.2 Å². The van der Waals surface area contributed by atoms with E-state index in [1.54, 1.807) is 23.1 Å². The zero-order valence-corrected chi connectivity index (χ0v) is 42.1. The molecule has 17 heteroatoms. The van der Waals surface area contributed by atoms with Crippen molar-refractivity contribution in [1.29, 1.82) is 0 Å². The summed E-state index contributed by atoms with van der Waals surface area (Å²) >= 11 is 0. The van der Waals surface area contributed by atoms with E-state index in [9.17, 15) is 14.4 Å². The number of nitrogens with zero attached hydrogens (tertiary/aromatic N) is 5. The number of cyclic esters (lactones) is 1. The maximum absolute atomic E-state index is 15.1. The van der Waals surface area contributed by atoms with Gasteiger partial charge < -0.3 is 34.5 Å². The van der Waals surface area contributed by atoms with Gasteiger partial charge in [-0.15, -0.1) is 0 Å². The van der Waals surface area contributed by atoms with Crippen LogP contribution >= 0.6 is 0 Å². The van der Waals surface area contributed by atoms with Crippen LogP contribution in [0.5, 0.6) is 0 Å². The highest BCUT2D eigenvalue weighted by Gasteiger charge is 2.56. The Bertz CT molecular complexity index is 2770. The number of hydrogen-bond donors (Lipinski definition) is 3. The number of nitrogens with one attached hydrogen (secondary N) is 3. The number of carbonyl (C=O) groups excluding carboxylic acids is 5. The van der Waals surface area contributed by atoms with Crippen LogP contribution in [-0.2, 0) is 52.8 Å². The summed E-state index contributed by atoms with van der Waals surface area (Å²) < 4.78 is 44.5. The summed E-state index contributed by atoms with van der Waals surface area (Å²) in [5, 5.41) is 8.42. The molecule has 4 amide bonds. The molecular weight excluding hydrogens is 923 g/mol. The predicted octanol–water partition coefficient (Wildman–Crippen LogP) is 6.67. The summed E-state index contributed by atoms with van der Waals surface area (Å²) in [5.41, 5.74) is 7.67. The van der Waals surface area contributed by atoms with E-state index in [1.807, 2.05) is 57.2 Å². The molecule has 15 nitrogen and oxygen atoms in total. The van der Waals surface area contributed by atoms with Crippen molar-refractivity contribution in [3.8, 4) is 22.4 Å². The van der Waals surface area contributed by atoms with Gasteiger partial charge in [0, 0.05) is 86.4 Å². The number of halogens is 2. The van der Waals surface area contributed by atoms with Gasteiger partial charge in [0.1, 0.15) is 18.1 Å². The van der Waals surface area contributed by atoms with E-state index in [0.717, 1.165) is 59.1 Å². The van der Waals surface area contributed by atoms with E-state index < -0.39 is 53.2 Å². The minimum absolute atomic E-state index is 0.0000991. The first kappa shape index (κ1) is 49.8. The standard InChI is InChI=1S/C55H68F2N8O7/c1-6-63-44-16-15-35-27-39(44)40(47(63)38-13-9-19-58-45(38)32(2)71-5)28-54(3,4)31-72-52(69)41-14-10-20-65(61-41)51(68)42(25-33-23-36(35)26-37(24-33)48(56)57)60-49(66)46(34-11-7-8-12-34)64-22-18-55(53(64)70)17-21-62(30-55)50(67)43-29-59-43/h9,13,15-16,19,23-24,26-27,32,34,41-43,46,48,59,61H,6-8,10-12,14,17-18,20-22,25,28-31H2,1-5H3,(H,60,66)/t32-,41-,42-,43+,46-,55-/m0/s1. The molecule has 6 aliphatic rings. The first-order chi connectivity index (χ1) is 34.6. The van der Waals surface area contributed by atoms with Gasteiger partial charge in [-0.1, -0.05) is 44.9 Å². The minimum Gasteiger partial charge on any atom is -0.464 e. The molecular formula is C55H68F2N8O7. The number of aryl methyl sites for hydroxylation is 1. The molecule has 6 bridgehead atoms. The summed E-state index contributed by atoms with van der Waals surface area (Å²) in [4.78, 5) is 80.2. The van der Waals surface area contributed by atoms with E-state index in [2.05, 4.69) is 27.6 Å². The average Bonchev–Trinajstić information content (AvgIpc) is 3.63. The second-order valence-electron chi connectivity index (χ2n) is 21.9. The predicted molar refractivity (Wildman–Crippen MR) is 266 cm³/mol. The van der Waals surface area contributed by atoms with Crippen LogP contribution in [0.3, 0.4) is 0 Å².